The zero-order valence-corrected chi connectivity index (χ0v) is 11.3. The third-order valence-electron chi connectivity index (χ3n) is 3.47. The van der Waals surface area contributed by atoms with Gasteiger partial charge < -0.3 is 15.8 Å². The van der Waals surface area contributed by atoms with E-state index in [4.69, 9.17) is 5.73 Å². The molecule has 0 saturated heterocycles. The molecule has 0 heterocycles. The van der Waals surface area contributed by atoms with Gasteiger partial charge in [-0.15, -0.1) is 0 Å². The minimum absolute atomic E-state index is 0.0733. The average Bonchev–Trinajstić information content (AvgIpc) is 2.28. The Morgan fingerprint density at radius 2 is 1.94 bits per heavy atom. The van der Waals surface area contributed by atoms with Gasteiger partial charge in [0.25, 0.3) is 0 Å². The van der Waals surface area contributed by atoms with Crippen molar-refractivity contribution in [3.8, 4) is 0 Å². The molecule has 5 heteroatoms. The topological polar surface area (TPSA) is 81.4 Å². The molecule has 0 aromatic heterocycles. The lowest BCUT2D eigenvalue weighted by Gasteiger charge is -2.33. The molecule has 0 aromatic rings. The van der Waals surface area contributed by atoms with Crippen LogP contribution in [0.5, 0.6) is 0 Å². The van der Waals surface area contributed by atoms with Gasteiger partial charge in [-0.25, -0.2) is 0 Å². The number of methoxy groups -OCH3 is 1. The van der Waals surface area contributed by atoms with Crippen molar-refractivity contribution in [2.45, 2.75) is 63.5 Å². The summed E-state index contributed by atoms with van der Waals surface area (Å²) in [6, 6.07) is -0.211. The molecule has 104 valence electrons. The second-order valence-electron chi connectivity index (χ2n) is 5.35. The fourth-order valence-electron chi connectivity index (χ4n) is 2.46. The molecular weight excluding hydrogens is 232 g/mol. The quantitative estimate of drug-likeness (QED) is 0.722. The highest BCUT2D eigenvalue weighted by molar-refractivity contribution is 5.78. The second-order valence-corrected chi connectivity index (χ2v) is 5.35. The first-order valence-electron chi connectivity index (χ1n) is 6.60. The lowest BCUT2D eigenvalue weighted by molar-refractivity contribution is -0.141. The SMILES string of the molecule is COC(=O)CC(C)NC(=O)CC1(N)CCCCC1. The molecule has 0 bridgehead atoms. The van der Waals surface area contributed by atoms with Crippen molar-refractivity contribution in [2.24, 2.45) is 5.73 Å². The molecule has 1 fully saturated rings. The van der Waals surface area contributed by atoms with Crippen molar-refractivity contribution < 1.29 is 14.3 Å². The molecule has 0 aliphatic heterocycles. The highest BCUT2D eigenvalue weighted by atomic mass is 16.5. The second kappa shape index (κ2) is 6.73. The fourth-order valence-corrected chi connectivity index (χ4v) is 2.46. The summed E-state index contributed by atoms with van der Waals surface area (Å²) < 4.78 is 4.56. The molecule has 18 heavy (non-hydrogen) atoms. The number of carbonyl (C=O) groups excluding carboxylic acids is 2. The van der Waals surface area contributed by atoms with Gasteiger partial charge in [-0.3, -0.25) is 9.59 Å². The first-order chi connectivity index (χ1) is 8.45. The lowest BCUT2D eigenvalue weighted by Crippen LogP contribution is -2.47. The molecule has 3 N–H and O–H groups in total. The predicted octanol–water partition coefficient (Wildman–Crippen LogP) is 1.11. The van der Waals surface area contributed by atoms with Gasteiger partial charge in [-0.2, -0.15) is 0 Å². The van der Waals surface area contributed by atoms with Gasteiger partial charge in [0.2, 0.25) is 5.91 Å². The number of rotatable bonds is 5. The van der Waals surface area contributed by atoms with Crippen LogP contribution in [-0.2, 0) is 14.3 Å². The number of hydrogen-bond acceptors (Lipinski definition) is 4. The van der Waals surface area contributed by atoms with E-state index in [9.17, 15) is 9.59 Å². The van der Waals surface area contributed by atoms with Crippen molar-refractivity contribution in [3.05, 3.63) is 0 Å². The fraction of sp³-hybridized carbons (Fsp3) is 0.846. The van der Waals surface area contributed by atoms with Gasteiger partial charge in [0, 0.05) is 18.0 Å². The standard InChI is InChI=1S/C13H24N2O3/c1-10(8-12(17)18-2)15-11(16)9-13(14)6-4-3-5-7-13/h10H,3-9,14H2,1-2H3,(H,15,16). The maximum Gasteiger partial charge on any atom is 0.307 e. The first-order valence-corrected chi connectivity index (χ1v) is 6.60. The molecule has 1 unspecified atom stereocenters. The summed E-state index contributed by atoms with van der Waals surface area (Å²) >= 11 is 0. The van der Waals surface area contributed by atoms with E-state index in [1.807, 2.05) is 0 Å². The smallest absolute Gasteiger partial charge is 0.307 e. The Kier molecular flexibility index (Phi) is 5.59. The largest absolute Gasteiger partial charge is 0.469 e. The monoisotopic (exact) mass is 256 g/mol. The van der Waals surface area contributed by atoms with Gasteiger partial charge >= 0.3 is 5.97 Å². The molecule has 0 radical (unpaired) electrons. The summed E-state index contributed by atoms with van der Waals surface area (Å²) in [7, 11) is 1.34. The minimum atomic E-state index is -0.354. The number of carbonyl (C=O) groups is 2. The summed E-state index contributed by atoms with van der Waals surface area (Å²) in [6.45, 7) is 1.79. The Morgan fingerprint density at radius 3 is 2.50 bits per heavy atom. The highest BCUT2D eigenvalue weighted by Gasteiger charge is 2.30. The van der Waals surface area contributed by atoms with E-state index >= 15 is 0 Å². The van der Waals surface area contributed by atoms with Crippen LogP contribution in [0.4, 0.5) is 0 Å². The summed E-state index contributed by atoms with van der Waals surface area (Å²) in [5, 5.41) is 2.80. The molecule has 1 atom stereocenters. The summed E-state index contributed by atoms with van der Waals surface area (Å²) in [6.07, 6.45) is 5.76. The molecule has 5 nitrogen and oxygen atoms in total. The molecule has 0 spiro atoms. The Labute approximate surface area is 108 Å². The molecule has 1 rings (SSSR count). The van der Waals surface area contributed by atoms with Crippen LogP contribution in [0.1, 0.15) is 51.9 Å². The first kappa shape index (κ1) is 15.0. The lowest BCUT2D eigenvalue weighted by atomic mass is 9.80. The normalized spacial score (nSPS) is 19.9. The summed E-state index contributed by atoms with van der Waals surface area (Å²) in [5.74, 6) is -0.390. The van der Waals surface area contributed by atoms with Gasteiger partial charge in [-0.1, -0.05) is 19.3 Å². The third-order valence-corrected chi connectivity index (χ3v) is 3.47. The van der Waals surface area contributed by atoms with E-state index in [0.717, 1.165) is 25.7 Å². The zero-order chi connectivity index (χ0) is 13.6. The van der Waals surface area contributed by atoms with Crippen LogP contribution >= 0.6 is 0 Å². The molecule has 1 aliphatic rings. The Bertz CT molecular complexity index is 299. The van der Waals surface area contributed by atoms with Crippen LogP contribution in [0, 0.1) is 0 Å². The number of nitrogens with one attached hydrogen (secondary N) is 1. The van der Waals surface area contributed by atoms with E-state index in [2.05, 4.69) is 10.1 Å². The highest BCUT2D eigenvalue weighted by Crippen LogP contribution is 2.28. The zero-order valence-electron chi connectivity index (χ0n) is 11.3. The van der Waals surface area contributed by atoms with E-state index < -0.39 is 0 Å². The molecule has 1 amide bonds. The average molecular weight is 256 g/mol. The van der Waals surface area contributed by atoms with Crippen molar-refractivity contribution in [1.82, 2.24) is 5.32 Å². The molecule has 0 aromatic carbocycles. The van der Waals surface area contributed by atoms with Crippen molar-refractivity contribution in [3.63, 3.8) is 0 Å². The van der Waals surface area contributed by atoms with E-state index in [-0.39, 0.29) is 29.9 Å². The number of ether oxygens (including phenoxy) is 1. The van der Waals surface area contributed by atoms with Crippen LogP contribution in [-0.4, -0.2) is 30.6 Å². The van der Waals surface area contributed by atoms with Gasteiger partial charge in [-0.05, 0) is 19.8 Å². The van der Waals surface area contributed by atoms with Gasteiger partial charge in [0.1, 0.15) is 0 Å². The van der Waals surface area contributed by atoms with Crippen molar-refractivity contribution in [2.75, 3.05) is 7.11 Å². The van der Waals surface area contributed by atoms with Gasteiger partial charge in [0.15, 0.2) is 0 Å². The van der Waals surface area contributed by atoms with Crippen molar-refractivity contribution in [1.29, 1.82) is 0 Å². The van der Waals surface area contributed by atoms with Crippen LogP contribution in [0.3, 0.4) is 0 Å². The molecular formula is C13H24N2O3. The van der Waals surface area contributed by atoms with Crippen LogP contribution < -0.4 is 11.1 Å². The van der Waals surface area contributed by atoms with E-state index in [1.165, 1.54) is 13.5 Å². The number of esters is 1. The number of hydrogen-bond donors (Lipinski definition) is 2. The Morgan fingerprint density at radius 1 is 1.33 bits per heavy atom. The summed E-state index contributed by atoms with van der Waals surface area (Å²) in [5.41, 5.74) is 5.86. The maximum absolute atomic E-state index is 11.9. The van der Waals surface area contributed by atoms with Gasteiger partial charge in [0.05, 0.1) is 13.5 Å². The van der Waals surface area contributed by atoms with Crippen LogP contribution in [0.2, 0.25) is 0 Å². The number of amides is 1. The predicted molar refractivity (Wildman–Crippen MR) is 68.9 cm³/mol. The van der Waals surface area contributed by atoms with Crippen LogP contribution in [0.15, 0.2) is 0 Å². The Balaban J connectivity index is 2.34. The maximum atomic E-state index is 11.9. The number of nitrogens with two attached hydrogens (primary N) is 1. The molecule has 1 saturated carbocycles. The Hall–Kier alpha value is -1.10. The van der Waals surface area contributed by atoms with E-state index in [0.29, 0.717) is 6.42 Å². The van der Waals surface area contributed by atoms with Crippen molar-refractivity contribution >= 4 is 11.9 Å². The summed E-state index contributed by atoms with van der Waals surface area (Å²) in [4.78, 5) is 22.9. The third kappa shape index (κ3) is 5.04. The van der Waals surface area contributed by atoms with Crippen LogP contribution in [0.25, 0.3) is 0 Å². The van der Waals surface area contributed by atoms with E-state index in [1.54, 1.807) is 6.92 Å². The minimum Gasteiger partial charge on any atom is -0.469 e. The molecule has 1 aliphatic carbocycles.